The van der Waals surface area contributed by atoms with Crippen LogP contribution in [0.3, 0.4) is 0 Å². The second kappa shape index (κ2) is 5.79. The molecule has 18 heavy (non-hydrogen) atoms. The van der Waals surface area contributed by atoms with Crippen LogP contribution in [0.2, 0.25) is 0 Å². The van der Waals surface area contributed by atoms with Crippen LogP contribution >= 0.6 is 0 Å². The number of nitrogens with zero attached hydrogens (tertiary/aromatic N) is 1. The average Bonchev–Trinajstić information content (AvgIpc) is 2.40. The Labute approximate surface area is 108 Å². The molecule has 5 nitrogen and oxygen atoms in total. The Balaban J connectivity index is 2.25. The largest absolute Gasteiger partial charge is 0.380 e. The maximum atomic E-state index is 12.4. The minimum Gasteiger partial charge on any atom is -0.380 e. The van der Waals surface area contributed by atoms with Crippen LogP contribution in [-0.4, -0.2) is 46.0 Å². The first kappa shape index (κ1) is 13.5. The molecule has 0 unspecified atom stereocenters. The first-order chi connectivity index (χ1) is 8.64. The van der Waals surface area contributed by atoms with Gasteiger partial charge in [-0.2, -0.15) is 4.31 Å². The SMILES string of the molecule is COCc1cccc(S(=O)(=O)N2CCNCC2)c1. The highest BCUT2D eigenvalue weighted by Crippen LogP contribution is 2.17. The number of piperazine rings is 1. The second-order valence-electron chi connectivity index (χ2n) is 4.23. The molecule has 1 aromatic carbocycles. The van der Waals surface area contributed by atoms with Crippen molar-refractivity contribution in [2.45, 2.75) is 11.5 Å². The highest BCUT2D eigenvalue weighted by molar-refractivity contribution is 7.89. The lowest BCUT2D eigenvalue weighted by atomic mass is 10.2. The van der Waals surface area contributed by atoms with Gasteiger partial charge >= 0.3 is 0 Å². The molecule has 0 aliphatic carbocycles. The first-order valence-corrected chi connectivity index (χ1v) is 7.37. The third-order valence-corrected chi connectivity index (χ3v) is 4.82. The molecule has 0 saturated carbocycles. The van der Waals surface area contributed by atoms with Crippen molar-refractivity contribution in [1.29, 1.82) is 0 Å². The van der Waals surface area contributed by atoms with Crippen molar-refractivity contribution in [2.24, 2.45) is 0 Å². The summed E-state index contributed by atoms with van der Waals surface area (Å²) in [6, 6.07) is 6.93. The predicted octanol–water partition coefficient (Wildman–Crippen LogP) is 0.427. The molecule has 1 aliphatic heterocycles. The smallest absolute Gasteiger partial charge is 0.243 e. The predicted molar refractivity (Wildman–Crippen MR) is 68.8 cm³/mol. The zero-order valence-electron chi connectivity index (χ0n) is 10.4. The van der Waals surface area contributed by atoms with Gasteiger partial charge in [0.2, 0.25) is 10.0 Å². The van der Waals surface area contributed by atoms with E-state index >= 15 is 0 Å². The molecular formula is C12H18N2O3S. The molecule has 0 bridgehead atoms. The molecule has 1 N–H and O–H groups in total. The zero-order valence-corrected chi connectivity index (χ0v) is 11.2. The lowest BCUT2D eigenvalue weighted by Crippen LogP contribution is -2.46. The van der Waals surface area contributed by atoms with Gasteiger partial charge in [-0.15, -0.1) is 0 Å². The Morgan fingerprint density at radius 3 is 2.72 bits per heavy atom. The first-order valence-electron chi connectivity index (χ1n) is 5.93. The maximum absolute atomic E-state index is 12.4. The number of rotatable bonds is 4. The van der Waals surface area contributed by atoms with Crippen molar-refractivity contribution in [2.75, 3.05) is 33.3 Å². The summed E-state index contributed by atoms with van der Waals surface area (Å²) in [6.07, 6.45) is 0. The Morgan fingerprint density at radius 2 is 2.06 bits per heavy atom. The lowest BCUT2D eigenvalue weighted by molar-refractivity contribution is 0.184. The van der Waals surface area contributed by atoms with E-state index in [9.17, 15) is 8.42 Å². The normalized spacial score (nSPS) is 17.8. The lowest BCUT2D eigenvalue weighted by Gasteiger charge is -2.26. The van der Waals surface area contributed by atoms with Crippen molar-refractivity contribution in [1.82, 2.24) is 9.62 Å². The molecule has 1 heterocycles. The summed E-state index contributed by atoms with van der Waals surface area (Å²) >= 11 is 0. The van der Waals surface area contributed by atoms with Crippen molar-refractivity contribution in [3.63, 3.8) is 0 Å². The van der Waals surface area contributed by atoms with E-state index in [2.05, 4.69) is 5.32 Å². The second-order valence-corrected chi connectivity index (χ2v) is 6.17. The van der Waals surface area contributed by atoms with E-state index in [0.29, 0.717) is 37.7 Å². The number of hydrogen-bond donors (Lipinski definition) is 1. The zero-order chi connectivity index (χ0) is 13.0. The average molecular weight is 270 g/mol. The fraction of sp³-hybridized carbons (Fsp3) is 0.500. The topological polar surface area (TPSA) is 58.6 Å². The van der Waals surface area contributed by atoms with Gasteiger partial charge < -0.3 is 10.1 Å². The van der Waals surface area contributed by atoms with Crippen LogP contribution in [0.25, 0.3) is 0 Å². The number of methoxy groups -OCH3 is 1. The Hall–Kier alpha value is -0.950. The van der Waals surface area contributed by atoms with Crippen LogP contribution in [0, 0.1) is 0 Å². The van der Waals surface area contributed by atoms with Gasteiger partial charge in [-0.1, -0.05) is 12.1 Å². The standard InChI is InChI=1S/C12H18N2O3S/c1-17-10-11-3-2-4-12(9-11)18(15,16)14-7-5-13-6-8-14/h2-4,9,13H,5-8,10H2,1H3. The van der Waals surface area contributed by atoms with Crippen molar-refractivity contribution < 1.29 is 13.2 Å². The van der Waals surface area contributed by atoms with E-state index in [1.165, 1.54) is 4.31 Å². The van der Waals surface area contributed by atoms with E-state index in [1.807, 2.05) is 6.07 Å². The van der Waals surface area contributed by atoms with Gasteiger partial charge in [-0.3, -0.25) is 0 Å². The van der Waals surface area contributed by atoms with Crippen LogP contribution in [0.15, 0.2) is 29.2 Å². The fourth-order valence-corrected chi connectivity index (χ4v) is 3.51. The van der Waals surface area contributed by atoms with Crippen LogP contribution in [-0.2, 0) is 21.4 Å². The summed E-state index contributed by atoms with van der Waals surface area (Å²) < 4.78 is 31.3. The van der Waals surface area contributed by atoms with Crippen LogP contribution in [0.1, 0.15) is 5.56 Å². The molecule has 1 aromatic rings. The molecule has 0 radical (unpaired) electrons. The molecule has 0 atom stereocenters. The summed E-state index contributed by atoms with van der Waals surface area (Å²) in [7, 11) is -1.77. The minimum atomic E-state index is -3.37. The summed E-state index contributed by atoms with van der Waals surface area (Å²) in [5.74, 6) is 0. The quantitative estimate of drug-likeness (QED) is 0.862. The van der Waals surface area contributed by atoms with E-state index in [4.69, 9.17) is 4.74 Å². The molecule has 6 heteroatoms. The molecule has 0 amide bonds. The summed E-state index contributed by atoms with van der Waals surface area (Å²) in [5.41, 5.74) is 0.869. The van der Waals surface area contributed by atoms with Crippen LogP contribution < -0.4 is 5.32 Å². The highest BCUT2D eigenvalue weighted by atomic mass is 32.2. The van der Waals surface area contributed by atoms with Gasteiger partial charge in [-0.05, 0) is 17.7 Å². The highest BCUT2D eigenvalue weighted by Gasteiger charge is 2.25. The number of nitrogens with one attached hydrogen (secondary N) is 1. The third-order valence-electron chi connectivity index (χ3n) is 2.92. The number of benzene rings is 1. The molecule has 1 aliphatic rings. The summed E-state index contributed by atoms with van der Waals surface area (Å²) in [6.45, 7) is 2.88. The van der Waals surface area contributed by atoms with Crippen molar-refractivity contribution >= 4 is 10.0 Å². The minimum absolute atomic E-state index is 0.346. The van der Waals surface area contributed by atoms with Gasteiger partial charge in [0.15, 0.2) is 0 Å². The van der Waals surface area contributed by atoms with E-state index in [1.54, 1.807) is 25.3 Å². The fourth-order valence-electron chi connectivity index (χ4n) is 2.00. The number of hydrogen-bond acceptors (Lipinski definition) is 4. The van der Waals surface area contributed by atoms with Crippen molar-refractivity contribution in [3.05, 3.63) is 29.8 Å². The monoisotopic (exact) mass is 270 g/mol. The Bertz CT molecular complexity index is 496. The Morgan fingerprint density at radius 1 is 1.33 bits per heavy atom. The van der Waals surface area contributed by atoms with Crippen LogP contribution in [0.5, 0.6) is 0 Å². The van der Waals surface area contributed by atoms with Gasteiger partial charge in [-0.25, -0.2) is 8.42 Å². The van der Waals surface area contributed by atoms with Gasteiger partial charge in [0.25, 0.3) is 0 Å². The maximum Gasteiger partial charge on any atom is 0.243 e. The molecule has 1 fully saturated rings. The molecule has 0 aromatic heterocycles. The molecule has 100 valence electrons. The van der Waals surface area contributed by atoms with E-state index < -0.39 is 10.0 Å². The van der Waals surface area contributed by atoms with E-state index in [0.717, 1.165) is 5.56 Å². The third kappa shape index (κ3) is 2.89. The summed E-state index contributed by atoms with van der Waals surface area (Å²) in [4.78, 5) is 0.346. The summed E-state index contributed by atoms with van der Waals surface area (Å²) in [5, 5.41) is 3.14. The number of sulfonamides is 1. The molecule has 0 spiro atoms. The Kier molecular flexibility index (Phi) is 4.34. The molecule has 1 saturated heterocycles. The van der Waals surface area contributed by atoms with Crippen molar-refractivity contribution in [3.8, 4) is 0 Å². The number of ether oxygens (including phenoxy) is 1. The van der Waals surface area contributed by atoms with Crippen LogP contribution in [0.4, 0.5) is 0 Å². The molecular weight excluding hydrogens is 252 g/mol. The van der Waals surface area contributed by atoms with Gasteiger partial charge in [0.1, 0.15) is 0 Å². The van der Waals surface area contributed by atoms with E-state index in [-0.39, 0.29) is 0 Å². The molecule has 2 rings (SSSR count). The van der Waals surface area contributed by atoms with Gasteiger partial charge in [0, 0.05) is 33.3 Å². The van der Waals surface area contributed by atoms with Gasteiger partial charge in [0.05, 0.1) is 11.5 Å².